The molecule has 3 aromatic rings. The van der Waals surface area contributed by atoms with Crippen LogP contribution in [-0.2, 0) is 11.3 Å². The average Bonchev–Trinajstić information content (AvgIpc) is 2.78. The Kier molecular flexibility index (Phi) is 5.97. The van der Waals surface area contributed by atoms with Crippen LogP contribution in [0.2, 0.25) is 0 Å². The summed E-state index contributed by atoms with van der Waals surface area (Å²) in [5.41, 5.74) is 2.20. The maximum Gasteiger partial charge on any atom is 0.225 e. The second-order valence-corrected chi connectivity index (χ2v) is 7.42. The van der Waals surface area contributed by atoms with Crippen LogP contribution in [0.25, 0.3) is 11.3 Å². The lowest BCUT2D eigenvalue weighted by Crippen LogP contribution is -2.43. The predicted molar refractivity (Wildman–Crippen MR) is 111 cm³/mol. The summed E-state index contributed by atoms with van der Waals surface area (Å²) in [5.74, 6) is -0.911. The number of halogens is 2. The molecule has 1 saturated heterocycles. The summed E-state index contributed by atoms with van der Waals surface area (Å²) in [7, 11) is 0. The van der Waals surface area contributed by atoms with E-state index in [9.17, 15) is 13.6 Å². The monoisotopic (exact) mass is 408 g/mol. The molecule has 0 bridgehead atoms. The van der Waals surface area contributed by atoms with Crippen LogP contribution < -0.4 is 10.2 Å². The molecule has 1 aliphatic heterocycles. The van der Waals surface area contributed by atoms with Crippen LogP contribution in [-0.4, -0.2) is 29.2 Å². The van der Waals surface area contributed by atoms with Crippen LogP contribution in [0.5, 0.6) is 0 Å². The number of hydrogen-bond donors (Lipinski definition) is 1. The number of carbonyl (C=O) groups is 1. The highest BCUT2D eigenvalue weighted by Gasteiger charge is 2.26. The van der Waals surface area contributed by atoms with Gasteiger partial charge in [-0.2, -0.15) is 0 Å². The molecule has 5 nitrogen and oxygen atoms in total. The third kappa shape index (κ3) is 4.79. The van der Waals surface area contributed by atoms with E-state index < -0.39 is 11.6 Å². The van der Waals surface area contributed by atoms with Gasteiger partial charge in [-0.05, 0) is 42.7 Å². The molecule has 1 aliphatic rings. The van der Waals surface area contributed by atoms with Crippen LogP contribution in [0.4, 0.5) is 14.6 Å². The highest BCUT2D eigenvalue weighted by molar-refractivity contribution is 5.79. The van der Waals surface area contributed by atoms with Gasteiger partial charge in [-0.15, -0.1) is 10.2 Å². The first-order valence-corrected chi connectivity index (χ1v) is 9.95. The Morgan fingerprint density at radius 2 is 1.80 bits per heavy atom. The number of benzene rings is 2. The lowest BCUT2D eigenvalue weighted by atomic mass is 9.97. The summed E-state index contributed by atoms with van der Waals surface area (Å²) in [4.78, 5) is 14.6. The van der Waals surface area contributed by atoms with Crippen molar-refractivity contribution < 1.29 is 13.6 Å². The molecule has 4 rings (SSSR count). The van der Waals surface area contributed by atoms with Gasteiger partial charge in [-0.25, -0.2) is 8.78 Å². The SMILES string of the molecule is O=C(NCc1cc(F)cc(F)c1)[C@H]1CCCN(c2ccc(-c3ccccc3)nn2)C1. The Hall–Kier alpha value is -3.35. The molecule has 30 heavy (non-hydrogen) atoms. The summed E-state index contributed by atoms with van der Waals surface area (Å²) >= 11 is 0. The molecule has 1 fully saturated rings. The number of nitrogens with zero attached hydrogens (tertiary/aromatic N) is 3. The van der Waals surface area contributed by atoms with E-state index in [1.807, 2.05) is 42.5 Å². The van der Waals surface area contributed by atoms with Crippen molar-refractivity contribution >= 4 is 11.7 Å². The van der Waals surface area contributed by atoms with Crippen molar-refractivity contribution in [2.45, 2.75) is 19.4 Å². The fraction of sp³-hybridized carbons (Fsp3) is 0.261. The normalized spacial score (nSPS) is 16.3. The van der Waals surface area contributed by atoms with Crippen LogP contribution >= 0.6 is 0 Å². The number of piperidine rings is 1. The Morgan fingerprint density at radius 3 is 2.50 bits per heavy atom. The highest BCUT2D eigenvalue weighted by Crippen LogP contribution is 2.23. The van der Waals surface area contributed by atoms with E-state index in [0.717, 1.165) is 42.5 Å². The molecular weight excluding hydrogens is 386 g/mol. The van der Waals surface area contributed by atoms with Gasteiger partial charge in [-0.3, -0.25) is 4.79 Å². The standard InChI is InChI=1S/C23H22F2N4O/c24-19-11-16(12-20(25)13-19)14-26-23(30)18-7-4-10-29(15-18)22-9-8-21(27-28-22)17-5-2-1-3-6-17/h1-3,5-6,8-9,11-13,18H,4,7,10,14-15H2,(H,26,30)/t18-/m0/s1. The van der Waals surface area contributed by atoms with Crippen molar-refractivity contribution in [3.63, 3.8) is 0 Å². The van der Waals surface area contributed by atoms with E-state index in [0.29, 0.717) is 12.1 Å². The number of anilines is 1. The van der Waals surface area contributed by atoms with Crippen molar-refractivity contribution in [1.29, 1.82) is 0 Å². The minimum absolute atomic E-state index is 0.0928. The molecular formula is C23H22F2N4O. The lowest BCUT2D eigenvalue weighted by molar-refractivity contribution is -0.125. The van der Waals surface area contributed by atoms with Crippen molar-refractivity contribution in [3.05, 3.63) is 77.9 Å². The number of rotatable bonds is 5. The quantitative estimate of drug-likeness (QED) is 0.695. The molecule has 1 N–H and O–H groups in total. The Bertz CT molecular complexity index is 991. The zero-order valence-electron chi connectivity index (χ0n) is 16.4. The zero-order chi connectivity index (χ0) is 20.9. The van der Waals surface area contributed by atoms with Crippen molar-refractivity contribution in [3.8, 4) is 11.3 Å². The van der Waals surface area contributed by atoms with Gasteiger partial charge in [0.05, 0.1) is 11.6 Å². The summed E-state index contributed by atoms with van der Waals surface area (Å²) in [6.07, 6.45) is 1.62. The first-order chi connectivity index (χ1) is 14.6. The number of carbonyl (C=O) groups excluding carboxylic acids is 1. The third-order valence-electron chi connectivity index (χ3n) is 5.23. The average molecular weight is 408 g/mol. The largest absolute Gasteiger partial charge is 0.354 e. The fourth-order valence-corrected chi connectivity index (χ4v) is 3.70. The highest BCUT2D eigenvalue weighted by atomic mass is 19.1. The van der Waals surface area contributed by atoms with Crippen LogP contribution in [0.15, 0.2) is 60.7 Å². The molecule has 0 spiro atoms. The minimum Gasteiger partial charge on any atom is -0.354 e. The van der Waals surface area contributed by atoms with Crippen molar-refractivity contribution in [2.24, 2.45) is 5.92 Å². The fourth-order valence-electron chi connectivity index (χ4n) is 3.70. The molecule has 0 radical (unpaired) electrons. The topological polar surface area (TPSA) is 58.1 Å². The molecule has 0 aliphatic carbocycles. The van der Waals surface area contributed by atoms with E-state index in [1.54, 1.807) is 0 Å². The zero-order valence-corrected chi connectivity index (χ0v) is 16.4. The number of amides is 1. The molecule has 1 amide bonds. The smallest absolute Gasteiger partial charge is 0.225 e. The van der Waals surface area contributed by atoms with E-state index in [2.05, 4.69) is 20.4 Å². The number of hydrogen-bond acceptors (Lipinski definition) is 4. The molecule has 0 saturated carbocycles. The summed E-state index contributed by atoms with van der Waals surface area (Å²) in [6, 6.07) is 16.9. The van der Waals surface area contributed by atoms with Gasteiger partial charge in [0.1, 0.15) is 11.6 Å². The van der Waals surface area contributed by atoms with Crippen LogP contribution in [0.1, 0.15) is 18.4 Å². The first-order valence-electron chi connectivity index (χ1n) is 9.95. The number of aromatic nitrogens is 2. The molecule has 1 aromatic heterocycles. The summed E-state index contributed by atoms with van der Waals surface area (Å²) in [6.45, 7) is 1.43. The number of nitrogens with one attached hydrogen (secondary N) is 1. The molecule has 0 unspecified atom stereocenters. The Morgan fingerprint density at radius 1 is 1.03 bits per heavy atom. The maximum atomic E-state index is 13.3. The van der Waals surface area contributed by atoms with Gasteiger partial charge in [0, 0.05) is 31.3 Å². The minimum atomic E-state index is -0.652. The van der Waals surface area contributed by atoms with Gasteiger partial charge in [-0.1, -0.05) is 30.3 Å². The van der Waals surface area contributed by atoms with Crippen molar-refractivity contribution in [1.82, 2.24) is 15.5 Å². The van der Waals surface area contributed by atoms with Gasteiger partial charge < -0.3 is 10.2 Å². The predicted octanol–water partition coefficient (Wildman–Crippen LogP) is 3.95. The third-order valence-corrected chi connectivity index (χ3v) is 5.23. The molecule has 7 heteroatoms. The lowest BCUT2D eigenvalue weighted by Gasteiger charge is -2.32. The van der Waals surface area contributed by atoms with E-state index >= 15 is 0 Å². The van der Waals surface area contributed by atoms with Crippen molar-refractivity contribution in [2.75, 3.05) is 18.0 Å². The first kappa shape index (κ1) is 19.9. The molecule has 2 heterocycles. The van der Waals surface area contributed by atoms with E-state index in [4.69, 9.17) is 0 Å². The molecule has 1 atom stereocenters. The second kappa shape index (κ2) is 8.98. The van der Waals surface area contributed by atoms with Gasteiger partial charge in [0.25, 0.3) is 0 Å². The van der Waals surface area contributed by atoms with E-state index in [1.165, 1.54) is 12.1 Å². The Labute approximate surface area is 173 Å². The van der Waals surface area contributed by atoms with Gasteiger partial charge in [0.15, 0.2) is 5.82 Å². The summed E-state index contributed by atoms with van der Waals surface area (Å²) in [5, 5.41) is 11.5. The molecule has 154 valence electrons. The maximum absolute atomic E-state index is 13.3. The van der Waals surface area contributed by atoms with E-state index in [-0.39, 0.29) is 18.4 Å². The second-order valence-electron chi connectivity index (χ2n) is 7.42. The van der Waals surface area contributed by atoms with Crippen LogP contribution in [0.3, 0.4) is 0 Å². The van der Waals surface area contributed by atoms with Gasteiger partial charge in [0.2, 0.25) is 5.91 Å². The Balaban J connectivity index is 1.37. The van der Waals surface area contributed by atoms with Gasteiger partial charge >= 0.3 is 0 Å². The van der Waals surface area contributed by atoms with Crippen LogP contribution in [0, 0.1) is 17.6 Å². The summed E-state index contributed by atoms with van der Waals surface area (Å²) < 4.78 is 26.6. The molecule has 2 aromatic carbocycles.